The van der Waals surface area contributed by atoms with Crippen molar-refractivity contribution in [2.75, 3.05) is 0 Å². The summed E-state index contributed by atoms with van der Waals surface area (Å²) in [5.41, 5.74) is 0.604. The fourth-order valence-electron chi connectivity index (χ4n) is 3.64. The number of nitrogens with zero attached hydrogens (tertiary/aromatic N) is 3. The number of carbonyl (C=O) groups excluding carboxylic acids is 2. The third-order valence-electron chi connectivity index (χ3n) is 5.22. The first kappa shape index (κ1) is 18.8. The maximum Gasteiger partial charge on any atom is 0.325 e. The van der Waals surface area contributed by atoms with Gasteiger partial charge in [0.05, 0.1) is 12.2 Å². The van der Waals surface area contributed by atoms with Crippen LogP contribution in [0.5, 0.6) is 0 Å². The van der Waals surface area contributed by atoms with Crippen molar-refractivity contribution in [2.24, 2.45) is 0 Å². The summed E-state index contributed by atoms with van der Waals surface area (Å²) in [5.74, 6) is -0.882. The molecule has 0 bridgehead atoms. The number of urea groups is 1. The number of hydrogen-bond donors (Lipinski definition) is 1. The predicted molar refractivity (Wildman–Crippen MR) is 104 cm³/mol. The Bertz CT molecular complexity index is 1190. The molecule has 1 N–H and O–H groups in total. The van der Waals surface area contributed by atoms with Gasteiger partial charge in [0.2, 0.25) is 0 Å². The van der Waals surface area contributed by atoms with Crippen LogP contribution >= 0.6 is 0 Å². The number of aryl methyl sites for hydroxylation is 1. The van der Waals surface area contributed by atoms with Gasteiger partial charge < -0.3 is 5.32 Å². The summed E-state index contributed by atoms with van der Waals surface area (Å²) in [5, 5.41) is 2.74. The molecule has 1 aliphatic rings. The zero-order valence-corrected chi connectivity index (χ0v) is 16.0. The van der Waals surface area contributed by atoms with Gasteiger partial charge in [-0.3, -0.25) is 18.9 Å². The number of carbonyl (C=O) groups is 2. The van der Waals surface area contributed by atoms with Gasteiger partial charge in [-0.2, -0.15) is 0 Å². The van der Waals surface area contributed by atoms with Crippen LogP contribution in [0.4, 0.5) is 9.18 Å². The number of nitrogens with one attached hydrogen (secondary N) is 1. The van der Waals surface area contributed by atoms with Gasteiger partial charge in [-0.05, 0) is 42.7 Å². The molecule has 3 amide bonds. The third kappa shape index (κ3) is 3.06. The lowest BCUT2D eigenvalue weighted by Gasteiger charge is -2.25. The summed E-state index contributed by atoms with van der Waals surface area (Å²) in [6, 6.07) is 9.76. The second-order valence-electron chi connectivity index (χ2n) is 7.11. The summed E-state index contributed by atoms with van der Waals surface area (Å²) in [4.78, 5) is 43.7. The fourth-order valence-corrected chi connectivity index (χ4v) is 3.64. The molecule has 1 fully saturated rings. The molecule has 1 atom stereocenters. The van der Waals surface area contributed by atoms with Crippen molar-refractivity contribution in [2.45, 2.75) is 32.4 Å². The minimum Gasteiger partial charge on any atom is -0.319 e. The largest absolute Gasteiger partial charge is 0.325 e. The molecule has 1 aromatic carbocycles. The topological polar surface area (TPSA) is 83.8 Å². The van der Waals surface area contributed by atoms with Crippen LogP contribution in [0.15, 0.2) is 53.5 Å². The molecule has 0 spiro atoms. The minimum absolute atomic E-state index is 0.132. The molecular weight excluding hydrogens is 375 g/mol. The van der Waals surface area contributed by atoms with Crippen molar-refractivity contribution in [3.8, 4) is 0 Å². The summed E-state index contributed by atoms with van der Waals surface area (Å²) in [6.45, 7) is 3.51. The van der Waals surface area contributed by atoms with E-state index in [2.05, 4.69) is 10.3 Å². The zero-order valence-electron chi connectivity index (χ0n) is 16.0. The first-order valence-electron chi connectivity index (χ1n) is 9.23. The molecule has 3 heterocycles. The molecule has 0 radical (unpaired) electrons. The molecule has 0 saturated carbocycles. The first-order chi connectivity index (χ1) is 13.8. The Hall–Kier alpha value is -3.55. The van der Waals surface area contributed by atoms with Gasteiger partial charge in [0.25, 0.3) is 11.5 Å². The van der Waals surface area contributed by atoms with E-state index in [0.29, 0.717) is 23.3 Å². The summed E-state index contributed by atoms with van der Waals surface area (Å²) >= 11 is 0. The standard InChI is InChI=1S/C21H19FN4O3/c1-3-21(14-5-7-15(22)8-6-14)19(28)26(20(29)24-21)12-16-10-18(27)25-11-13(2)4-9-17(25)23-16/h4-11H,3,12H2,1-2H3,(H,24,29)/t21-/m1/s1. The Balaban J connectivity index is 1.69. The van der Waals surface area contributed by atoms with Crippen molar-refractivity contribution in [1.82, 2.24) is 19.6 Å². The minimum atomic E-state index is -1.27. The van der Waals surface area contributed by atoms with Crippen LogP contribution in [0.25, 0.3) is 5.65 Å². The molecule has 148 valence electrons. The van der Waals surface area contributed by atoms with Crippen molar-refractivity contribution in [1.29, 1.82) is 0 Å². The lowest BCUT2D eigenvalue weighted by molar-refractivity contribution is -0.132. The normalized spacial score (nSPS) is 19.1. The van der Waals surface area contributed by atoms with Gasteiger partial charge in [-0.1, -0.05) is 25.1 Å². The predicted octanol–water partition coefficient (Wildman–Crippen LogP) is 2.50. The van der Waals surface area contributed by atoms with Crippen LogP contribution in [-0.2, 0) is 16.9 Å². The lowest BCUT2D eigenvalue weighted by atomic mass is 9.87. The van der Waals surface area contributed by atoms with E-state index in [1.54, 1.807) is 19.2 Å². The smallest absolute Gasteiger partial charge is 0.319 e. The zero-order chi connectivity index (χ0) is 20.8. The number of amides is 3. The number of fused-ring (bicyclic) bond motifs is 1. The van der Waals surface area contributed by atoms with Gasteiger partial charge in [0.1, 0.15) is 17.0 Å². The summed E-state index contributed by atoms with van der Waals surface area (Å²) < 4.78 is 14.7. The molecule has 29 heavy (non-hydrogen) atoms. The van der Waals surface area contributed by atoms with Gasteiger partial charge in [-0.15, -0.1) is 0 Å². The quantitative estimate of drug-likeness (QED) is 0.689. The Labute approximate surface area is 165 Å². The monoisotopic (exact) mass is 394 g/mol. The molecule has 0 aliphatic carbocycles. The second-order valence-corrected chi connectivity index (χ2v) is 7.11. The van der Waals surface area contributed by atoms with Gasteiger partial charge >= 0.3 is 6.03 Å². The Morgan fingerprint density at radius 1 is 1.10 bits per heavy atom. The molecule has 1 aliphatic heterocycles. The van der Waals surface area contributed by atoms with Crippen molar-refractivity contribution in [3.05, 3.63) is 81.7 Å². The molecule has 8 heteroatoms. The first-order valence-corrected chi connectivity index (χ1v) is 9.23. The molecular formula is C21H19FN4O3. The Morgan fingerprint density at radius 2 is 1.83 bits per heavy atom. The number of halogens is 1. The molecule has 7 nitrogen and oxygen atoms in total. The average Bonchev–Trinajstić information content (AvgIpc) is 2.94. The van der Waals surface area contributed by atoms with E-state index in [0.717, 1.165) is 10.5 Å². The maximum absolute atomic E-state index is 13.3. The van der Waals surface area contributed by atoms with Crippen LogP contribution in [0.1, 0.15) is 30.2 Å². The number of aromatic nitrogens is 2. The van der Waals surface area contributed by atoms with Crippen LogP contribution in [-0.4, -0.2) is 26.2 Å². The van der Waals surface area contributed by atoms with E-state index in [1.165, 1.54) is 34.7 Å². The molecule has 1 saturated heterocycles. The van der Waals surface area contributed by atoms with E-state index in [1.807, 2.05) is 13.0 Å². The highest BCUT2D eigenvalue weighted by atomic mass is 19.1. The highest BCUT2D eigenvalue weighted by molar-refractivity contribution is 6.07. The van der Waals surface area contributed by atoms with E-state index >= 15 is 0 Å². The highest BCUT2D eigenvalue weighted by Gasteiger charge is 2.51. The van der Waals surface area contributed by atoms with Crippen LogP contribution in [0, 0.1) is 12.7 Å². The van der Waals surface area contributed by atoms with Gasteiger partial charge in [-0.25, -0.2) is 14.2 Å². The fraction of sp³-hybridized carbons (Fsp3) is 0.238. The molecule has 3 aromatic rings. The number of rotatable bonds is 4. The van der Waals surface area contributed by atoms with Crippen LogP contribution in [0.3, 0.4) is 0 Å². The molecule has 4 rings (SSSR count). The van der Waals surface area contributed by atoms with E-state index in [9.17, 15) is 18.8 Å². The average molecular weight is 394 g/mol. The summed E-state index contributed by atoms with van der Waals surface area (Å²) in [6.07, 6.45) is 1.98. The Morgan fingerprint density at radius 3 is 2.52 bits per heavy atom. The van der Waals surface area contributed by atoms with Gasteiger partial charge in [0, 0.05) is 12.3 Å². The number of hydrogen-bond acceptors (Lipinski definition) is 4. The Kier molecular flexibility index (Phi) is 4.41. The molecule has 2 aromatic heterocycles. The SMILES string of the molecule is CC[C@]1(c2ccc(F)cc2)NC(=O)N(Cc2cc(=O)n3cc(C)ccc3n2)C1=O. The molecule has 0 unspecified atom stereocenters. The highest BCUT2D eigenvalue weighted by Crippen LogP contribution is 2.33. The van der Waals surface area contributed by atoms with Crippen molar-refractivity contribution < 1.29 is 14.0 Å². The number of benzene rings is 1. The van der Waals surface area contributed by atoms with E-state index < -0.39 is 23.3 Å². The van der Waals surface area contributed by atoms with E-state index in [-0.39, 0.29) is 12.1 Å². The van der Waals surface area contributed by atoms with Crippen molar-refractivity contribution >= 4 is 17.6 Å². The number of pyridine rings is 1. The maximum atomic E-state index is 13.3. The second kappa shape index (κ2) is 6.80. The third-order valence-corrected chi connectivity index (χ3v) is 5.22. The lowest BCUT2D eigenvalue weighted by Crippen LogP contribution is -2.43. The van der Waals surface area contributed by atoms with Gasteiger partial charge in [0.15, 0.2) is 0 Å². The summed E-state index contributed by atoms with van der Waals surface area (Å²) in [7, 11) is 0. The number of imide groups is 1. The van der Waals surface area contributed by atoms with Crippen LogP contribution < -0.4 is 10.9 Å². The van der Waals surface area contributed by atoms with E-state index in [4.69, 9.17) is 0 Å². The van der Waals surface area contributed by atoms with Crippen LogP contribution in [0.2, 0.25) is 0 Å². The van der Waals surface area contributed by atoms with Crippen molar-refractivity contribution in [3.63, 3.8) is 0 Å².